The maximum Gasteiger partial charge on any atom is 0.308 e. The third-order valence-electron chi connectivity index (χ3n) is 2.39. The van der Waals surface area contributed by atoms with Gasteiger partial charge in [-0.05, 0) is 6.92 Å². The Balaban J connectivity index is 2.05. The molecule has 0 saturated heterocycles. The van der Waals surface area contributed by atoms with E-state index in [0.29, 0.717) is 22.1 Å². The third-order valence-corrected chi connectivity index (χ3v) is 4.71. The predicted molar refractivity (Wildman–Crippen MR) is 74.4 cm³/mol. The van der Waals surface area contributed by atoms with E-state index >= 15 is 0 Å². The molecule has 0 aromatic carbocycles. The first-order valence-electron chi connectivity index (χ1n) is 5.57. The van der Waals surface area contributed by atoms with Gasteiger partial charge in [0.2, 0.25) is 5.43 Å². The summed E-state index contributed by atoms with van der Waals surface area (Å²) in [4.78, 5) is 26.9. The van der Waals surface area contributed by atoms with Crippen LogP contribution in [0.4, 0.5) is 0 Å². The number of aryl methyl sites for hydroxylation is 1. The maximum atomic E-state index is 11.2. The Labute approximate surface area is 122 Å². The second-order valence-electron chi connectivity index (χ2n) is 3.94. The summed E-state index contributed by atoms with van der Waals surface area (Å²) in [6.45, 7) is 1.76. The standard InChI is InChI=1S/C12H11NO5S2/c1-6-10(3-11(16)17)20-12(13-6)19-5-7-2-8(14)9(15)4-18-7/h2,4,15H,3,5H2,1H3,(H,16,17). The third kappa shape index (κ3) is 3.61. The summed E-state index contributed by atoms with van der Waals surface area (Å²) >= 11 is 2.67. The van der Waals surface area contributed by atoms with E-state index in [4.69, 9.17) is 14.6 Å². The van der Waals surface area contributed by atoms with Crippen molar-refractivity contribution >= 4 is 29.1 Å². The second kappa shape index (κ2) is 6.10. The predicted octanol–water partition coefficient (Wildman–Crippen LogP) is 2.03. The van der Waals surface area contributed by atoms with Gasteiger partial charge in [0.05, 0.1) is 17.9 Å². The number of carbonyl (C=O) groups is 1. The number of nitrogens with zero attached hydrogens (tertiary/aromatic N) is 1. The average Bonchev–Trinajstić information content (AvgIpc) is 2.71. The molecule has 2 aromatic rings. The van der Waals surface area contributed by atoms with Crippen molar-refractivity contribution in [2.75, 3.05) is 0 Å². The van der Waals surface area contributed by atoms with Crippen molar-refractivity contribution in [2.24, 2.45) is 0 Å². The minimum absolute atomic E-state index is 0.0433. The zero-order valence-electron chi connectivity index (χ0n) is 10.5. The van der Waals surface area contributed by atoms with Crippen molar-refractivity contribution in [3.63, 3.8) is 0 Å². The fourth-order valence-corrected chi connectivity index (χ4v) is 3.53. The molecule has 2 rings (SSSR count). The van der Waals surface area contributed by atoms with Crippen molar-refractivity contribution in [1.82, 2.24) is 4.98 Å². The topological polar surface area (TPSA) is 101 Å². The van der Waals surface area contributed by atoms with E-state index in [1.807, 2.05) is 0 Å². The molecule has 0 atom stereocenters. The minimum atomic E-state index is -0.891. The Morgan fingerprint density at radius 1 is 1.55 bits per heavy atom. The van der Waals surface area contributed by atoms with Gasteiger partial charge in [0, 0.05) is 10.9 Å². The molecule has 8 heteroatoms. The summed E-state index contributed by atoms with van der Waals surface area (Å²) in [5.41, 5.74) is 0.209. The highest BCUT2D eigenvalue weighted by atomic mass is 32.2. The monoisotopic (exact) mass is 313 g/mol. The number of carboxylic acids is 1. The smallest absolute Gasteiger partial charge is 0.308 e. The van der Waals surface area contributed by atoms with Crippen LogP contribution in [-0.2, 0) is 17.0 Å². The molecule has 0 amide bonds. The molecule has 0 unspecified atom stereocenters. The molecule has 2 N–H and O–H groups in total. The molecule has 0 spiro atoms. The number of carboxylic acid groups (broad SMARTS) is 1. The summed E-state index contributed by atoms with van der Waals surface area (Å²) < 4.78 is 5.79. The highest BCUT2D eigenvalue weighted by Crippen LogP contribution is 2.29. The van der Waals surface area contributed by atoms with Crippen molar-refractivity contribution in [1.29, 1.82) is 0 Å². The number of hydrogen-bond acceptors (Lipinski definition) is 7. The van der Waals surface area contributed by atoms with Crippen LogP contribution in [0.25, 0.3) is 0 Å². The zero-order valence-corrected chi connectivity index (χ0v) is 12.1. The summed E-state index contributed by atoms with van der Waals surface area (Å²) in [6, 6.07) is 1.22. The van der Waals surface area contributed by atoms with Gasteiger partial charge in [-0.2, -0.15) is 0 Å². The minimum Gasteiger partial charge on any atom is -0.502 e. The normalized spacial score (nSPS) is 10.7. The highest BCUT2D eigenvalue weighted by Gasteiger charge is 2.12. The highest BCUT2D eigenvalue weighted by molar-refractivity contribution is 8.00. The van der Waals surface area contributed by atoms with E-state index in [-0.39, 0.29) is 6.42 Å². The van der Waals surface area contributed by atoms with Crippen molar-refractivity contribution in [3.8, 4) is 5.75 Å². The van der Waals surface area contributed by atoms with Crippen LogP contribution in [0.5, 0.6) is 5.75 Å². The van der Waals surface area contributed by atoms with Crippen LogP contribution < -0.4 is 5.43 Å². The van der Waals surface area contributed by atoms with E-state index < -0.39 is 17.1 Å². The zero-order chi connectivity index (χ0) is 14.7. The number of aliphatic carboxylic acids is 1. The molecule has 0 bridgehead atoms. The molecule has 20 heavy (non-hydrogen) atoms. The molecule has 0 aliphatic heterocycles. The molecule has 0 aliphatic carbocycles. The summed E-state index contributed by atoms with van der Waals surface area (Å²) in [5.74, 6) is -0.509. The first kappa shape index (κ1) is 14.6. The Morgan fingerprint density at radius 2 is 2.30 bits per heavy atom. The fourth-order valence-electron chi connectivity index (χ4n) is 1.42. The molecule has 6 nitrogen and oxygen atoms in total. The Bertz CT molecular complexity index is 691. The lowest BCUT2D eigenvalue weighted by atomic mass is 10.3. The van der Waals surface area contributed by atoms with Gasteiger partial charge in [-0.1, -0.05) is 11.8 Å². The van der Waals surface area contributed by atoms with Crippen LogP contribution in [-0.4, -0.2) is 21.2 Å². The first-order valence-corrected chi connectivity index (χ1v) is 7.37. The molecular formula is C12H11NO5S2. The van der Waals surface area contributed by atoms with E-state index in [1.165, 1.54) is 29.2 Å². The lowest BCUT2D eigenvalue weighted by molar-refractivity contribution is -0.136. The van der Waals surface area contributed by atoms with Crippen LogP contribution in [0.2, 0.25) is 0 Å². The summed E-state index contributed by atoms with van der Waals surface area (Å²) in [7, 11) is 0. The molecule has 0 aliphatic rings. The largest absolute Gasteiger partial charge is 0.502 e. The molecule has 0 saturated carbocycles. The Hall–Kier alpha value is -1.80. The number of rotatable bonds is 5. The SMILES string of the molecule is Cc1nc(SCc2cc(=O)c(O)co2)sc1CC(=O)O. The van der Waals surface area contributed by atoms with Gasteiger partial charge in [0.1, 0.15) is 12.0 Å². The molecule has 0 radical (unpaired) electrons. The first-order chi connectivity index (χ1) is 9.45. The number of aromatic nitrogens is 1. The van der Waals surface area contributed by atoms with Gasteiger partial charge in [0.15, 0.2) is 10.1 Å². The van der Waals surface area contributed by atoms with Crippen molar-refractivity contribution in [2.45, 2.75) is 23.4 Å². The molecule has 106 valence electrons. The maximum absolute atomic E-state index is 11.2. The van der Waals surface area contributed by atoms with Crippen LogP contribution >= 0.6 is 23.1 Å². The van der Waals surface area contributed by atoms with Gasteiger partial charge in [-0.25, -0.2) is 4.98 Å². The summed E-state index contributed by atoms with van der Waals surface area (Å²) in [5, 5.41) is 17.8. The van der Waals surface area contributed by atoms with Gasteiger partial charge >= 0.3 is 5.97 Å². The molecule has 2 heterocycles. The second-order valence-corrected chi connectivity index (χ2v) is 6.25. The van der Waals surface area contributed by atoms with Crippen LogP contribution in [0.15, 0.2) is 25.9 Å². The van der Waals surface area contributed by atoms with Gasteiger partial charge in [0.25, 0.3) is 0 Å². The molecule has 2 aromatic heterocycles. The summed E-state index contributed by atoms with van der Waals surface area (Å²) in [6.07, 6.45) is 0.958. The quantitative estimate of drug-likeness (QED) is 0.814. The van der Waals surface area contributed by atoms with Crippen LogP contribution in [0.1, 0.15) is 16.3 Å². The molecular weight excluding hydrogens is 302 g/mol. The van der Waals surface area contributed by atoms with E-state index in [1.54, 1.807) is 6.92 Å². The molecule has 0 fully saturated rings. The lowest BCUT2D eigenvalue weighted by Crippen LogP contribution is -1.99. The van der Waals surface area contributed by atoms with Gasteiger partial charge in [-0.15, -0.1) is 11.3 Å². The Morgan fingerprint density at radius 3 is 2.95 bits per heavy atom. The van der Waals surface area contributed by atoms with Crippen molar-refractivity contribution < 1.29 is 19.4 Å². The van der Waals surface area contributed by atoms with Crippen LogP contribution in [0.3, 0.4) is 0 Å². The number of thioether (sulfide) groups is 1. The number of hydrogen-bond donors (Lipinski definition) is 2. The van der Waals surface area contributed by atoms with Gasteiger partial charge < -0.3 is 14.6 Å². The van der Waals surface area contributed by atoms with E-state index in [0.717, 1.165) is 10.6 Å². The number of thiazole rings is 1. The van der Waals surface area contributed by atoms with E-state index in [9.17, 15) is 9.59 Å². The fraction of sp³-hybridized carbons (Fsp3) is 0.250. The average molecular weight is 313 g/mol. The lowest BCUT2D eigenvalue weighted by Gasteiger charge is -1.97. The van der Waals surface area contributed by atoms with Crippen molar-refractivity contribution in [3.05, 3.63) is 38.9 Å². The number of aromatic hydroxyl groups is 1. The van der Waals surface area contributed by atoms with Crippen LogP contribution in [0, 0.1) is 6.92 Å². The Kier molecular flexibility index (Phi) is 4.46. The van der Waals surface area contributed by atoms with Gasteiger partial charge in [-0.3, -0.25) is 9.59 Å². The van der Waals surface area contributed by atoms with E-state index in [2.05, 4.69) is 4.98 Å².